The fraction of sp³-hybridized carbons (Fsp3) is 0.917. The van der Waals surface area contributed by atoms with E-state index in [-0.39, 0.29) is 17.9 Å². The van der Waals surface area contributed by atoms with Crippen molar-refractivity contribution in [1.82, 2.24) is 4.90 Å². The highest BCUT2D eigenvalue weighted by Crippen LogP contribution is 2.21. The second kappa shape index (κ2) is 7.63. The smallest absolute Gasteiger partial charge is 0.228 e. The second-order valence-electron chi connectivity index (χ2n) is 4.54. The van der Waals surface area contributed by atoms with Crippen LogP contribution in [0.2, 0.25) is 0 Å². The molecule has 5 heteroatoms. The fourth-order valence-electron chi connectivity index (χ4n) is 2.06. The van der Waals surface area contributed by atoms with E-state index in [0.717, 1.165) is 12.8 Å². The molecule has 0 aliphatic carbocycles. The van der Waals surface area contributed by atoms with Gasteiger partial charge < -0.3 is 20.1 Å². The molecule has 1 amide bonds. The van der Waals surface area contributed by atoms with Crippen LogP contribution in [0.5, 0.6) is 0 Å². The van der Waals surface area contributed by atoms with E-state index in [2.05, 4.69) is 0 Å². The maximum absolute atomic E-state index is 12.3. The number of carbonyl (C=O) groups is 1. The summed E-state index contributed by atoms with van der Waals surface area (Å²) in [7, 11) is 1.65. The standard InChI is InChI=1S/C12H24N2O3/c1-10-8-11(9-17-10)12(15)14(5-3-4-13)6-7-16-2/h10-11H,3-9,13H2,1-2H3. The van der Waals surface area contributed by atoms with E-state index >= 15 is 0 Å². The van der Waals surface area contributed by atoms with E-state index in [1.165, 1.54) is 0 Å². The van der Waals surface area contributed by atoms with Crippen LogP contribution in [0.4, 0.5) is 0 Å². The molecule has 2 atom stereocenters. The highest BCUT2D eigenvalue weighted by Gasteiger charge is 2.31. The van der Waals surface area contributed by atoms with Gasteiger partial charge in [0.05, 0.1) is 25.2 Å². The summed E-state index contributed by atoms with van der Waals surface area (Å²) in [6, 6.07) is 0. The molecule has 100 valence electrons. The molecule has 0 aromatic heterocycles. The molecule has 1 heterocycles. The van der Waals surface area contributed by atoms with Gasteiger partial charge in [0, 0.05) is 20.2 Å². The van der Waals surface area contributed by atoms with Crippen molar-refractivity contribution in [2.24, 2.45) is 11.7 Å². The minimum atomic E-state index is 0.0135. The van der Waals surface area contributed by atoms with Gasteiger partial charge in [-0.2, -0.15) is 0 Å². The summed E-state index contributed by atoms with van der Waals surface area (Å²) in [6.45, 7) is 5.08. The highest BCUT2D eigenvalue weighted by molar-refractivity contribution is 5.79. The van der Waals surface area contributed by atoms with Gasteiger partial charge in [-0.25, -0.2) is 0 Å². The number of ether oxygens (including phenoxy) is 2. The molecule has 17 heavy (non-hydrogen) atoms. The summed E-state index contributed by atoms with van der Waals surface area (Å²) in [5.74, 6) is 0.194. The molecule has 0 saturated carbocycles. The Morgan fingerprint density at radius 1 is 1.53 bits per heavy atom. The molecule has 2 N–H and O–H groups in total. The van der Waals surface area contributed by atoms with Crippen molar-refractivity contribution in [2.75, 3.05) is 40.0 Å². The van der Waals surface area contributed by atoms with Gasteiger partial charge in [-0.1, -0.05) is 0 Å². The molecule has 1 aliphatic heterocycles. The third-order valence-electron chi connectivity index (χ3n) is 3.06. The zero-order valence-corrected chi connectivity index (χ0v) is 10.9. The summed E-state index contributed by atoms with van der Waals surface area (Å²) >= 11 is 0. The van der Waals surface area contributed by atoms with Crippen LogP contribution in [0, 0.1) is 5.92 Å². The maximum atomic E-state index is 12.3. The lowest BCUT2D eigenvalue weighted by molar-refractivity contribution is -0.136. The monoisotopic (exact) mass is 244 g/mol. The quantitative estimate of drug-likeness (QED) is 0.696. The lowest BCUT2D eigenvalue weighted by Crippen LogP contribution is -2.39. The van der Waals surface area contributed by atoms with Crippen LogP contribution in [-0.2, 0) is 14.3 Å². The van der Waals surface area contributed by atoms with Crippen molar-refractivity contribution in [3.8, 4) is 0 Å². The van der Waals surface area contributed by atoms with Gasteiger partial charge >= 0.3 is 0 Å². The van der Waals surface area contributed by atoms with Gasteiger partial charge in [0.15, 0.2) is 0 Å². The SMILES string of the molecule is COCCN(CCCN)C(=O)C1COC(C)C1. The molecule has 0 radical (unpaired) electrons. The molecule has 0 bridgehead atoms. The Hall–Kier alpha value is -0.650. The molecular weight excluding hydrogens is 220 g/mol. The van der Waals surface area contributed by atoms with Gasteiger partial charge in [-0.15, -0.1) is 0 Å². The molecule has 2 unspecified atom stereocenters. The number of hydrogen-bond acceptors (Lipinski definition) is 4. The second-order valence-corrected chi connectivity index (χ2v) is 4.54. The number of methoxy groups -OCH3 is 1. The molecule has 0 spiro atoms. The van der Waals surface area contributed by atoms with Gasteiger partial charge in [-0.05, 0) is 26.3 Å². The maximum Gasteiger partial charge on any atom is 0.228 e. The molecule has 0 aromatic rings. The van der Waals surface area contributed by atoms with Crippen LogP contribution in [0.3, 0.4) is 0 Å². The molecule has 1 saturated heterocycles. The van der Waals surface area contributed by atoms with E-state index in [1.54, 1.807) is 7.11 Å². The molecule has 1 fully saturated rings. The van der Waals surface area contributed by atoms with Crippen LogP contribution in [-0.4, -0.2) is 56.9 Å². The van der Waals surface area contributed by atoms with Crippen LogP contribution in [0.15, 0.2) is 0 Å². The number of hydrogen-bond donors (Lipinski definition) is 1. The van der Waals surface area contributed by atoms with Gasteiger partial charge in [0.1, 0.15) is 0 Å². The molecular formula is C12H24N2O3. The largest absolute Gasteiger partial charge is 0.383 e. The zero-order chi connectivity index (χ0) is 12.7. The number of nitrogens with two attached hydrogens (primary N) is 1. The van der Waals surface area contributed by atoms with E-state index in [1.807, 2.05) is 11.8 Å². The van der Waals surface area contributed by atoms with E-state index < -0.39 is 0 Å². The Morgan fingerprint density at radius 3 is 2.82 bits per heavy atom. The first-order valence-electron chi connectivity index (χ1n) is 6.28. The number of rotatable bonds is 7. The van der Waals surface area contributed by atoms with Crippen LogP contribution < -0.4 is 5.73 Å². The summed E-state index contributed by atoms with van der Waals surface area (Å²) in [5.41, 5.74) is 5.49. The van der Waals surface area contributed by atoms with Gasteiger partial charge in [0.2, 0.25) is 5.91 Å². The molecule has 1 rings (SSSR count). The van der Waals surface area contributed by atoms with Crippen molar-refractivity contribution >= 4 is 5.91 Å². The minimum Gasteiger partial charge on any atom is -0.383 e. The summed E-state index contributed by atoms with van der Waals surface area (Å²) in [6.07, 6.45) is 1.85. The van der Waals surface area contributed by atoms with Crippen molar-refractivity contribution in [3.05, 3.63) is 0 Å². The Morgan fingerprint density at radius 2 is 2.29 bits per heavy atom. The Balaban J connectivity index is 2.45. The first kappa shape index (κ1) is 14.4. The van der Waals surface area contributed by atoms with Crippen LogP contribution in [0.1, 0.15) is 19.8 Å². The van der Waals surface area contributed by atoms with E-state index in [4.69, 9.17) is 15.2 Å². The Bertz CT molecular complexity index is 228. The summed E-state index contributed by atoms with van der Waals surface area (Å²) < 4.78 is 10.5. The topological polar surface area (TPSA) is 64.8 Å². The normalized spacial score (nSPS) is 23.9. The average molecular weight is 244 g/mol. The number of carbonyl (C=O) groups excluding carboxylic acids is 1. The van der Waals surface area contributed by atoms with E-state index in [0.29, 0.717) is 32.8 Å². The first-order valence-corrected chi connectivity index (χ1v) is 6.28. The highest BCUT2D eigenvalue weighted by atomic mass is 16.5. The average Bonchev–Trinajstić information content (AvgIpc) is 2.75. The van der Waals surface area contributed by atoms with Crippen molar-refractivity contribution < 1.29 is 14.3 Å². The number of amides is 1. The first-order chi connectivity index (χ1) is 8.19. The fourth-order valence-corrected chi connectivity index (χ4v) is 2.06. The molecule has 1 aliphatic rings. The van der Waals surface area contributed by atoms with Gasteiger partial charge in [-0.3, -0.25) is 4.79 Å². The van der Waals surface area contributed by atoms with Crippen molar-refractivity contribution in [3.63, 3.8) is 0 Å². The molecule has 5 nitrogen and oxygen atoms in total. The third-order valence-corrected chi connectivity index (χ3v) is 3.06. The predicted octanol–water partition coefficient (Wildman–Crippen LogP) is 0.235. The van der Waals surface area contributed by atoms with Crippen molar-refractivity contribution in [2.45, 2.75) is 25.9 Å². The minimum absolute atomic E-state index is 0.0135. The lowest BCUT2D eigenvalue weighted by Gasteiger charge is -2.24. The van der Waals surface area contributed by atoms with Crippen LogP contribution in [0.25, 0.3) is 0 Å². The zero-order valence-electron chi connectivity index (χ0n) is 10.9. The number of nitrogens with zero attached hydrogens (tertiary/aromatic N) is 1. The Labute approximate surface area is 103 Å². The lowest BCUT2D eigenvalue weighted by atomic mass is 10.0. The third kappa shape index (κ3) is 4.61. The molecule has 0 aromatic carbocycles. The predicted molar refractivity (Wildman–Crippen MR) is 65.6 cm³/mol. The van der Waals surface area contributed by atoms with E-state index in [9.17, 15) is 4.79 Å². The van der Waals surface area contributed by atoms with Gasteiger partial charge in [0.25, 0.3) is 0 Å². The summed E-state index contributed by atoms with van der Waals surface area (Å²) in [4.78, 5) is 14.1. The summed E-state index contributed by atoms with van der Waals surface area (Å²) in [5, 5.41) is 0. The Kier molecular flexibility index (Phi) is 6.47. The van der Waals surface area contributed by atoms with Crippen LogP contribution >= 0.6 is 0 Å². The van der Waals surface area contributed by atoms with Crippen molar-refractivity contribution in [1.29, 1.82) is 0 Å².